The van der Waals surface area contributed by atoms with Gasteiger partial charge in [0, 0.05) is 0 Å². The predicted octanol–water partition coefficient (Wildman–Crippen LogP) is 2.34. The van der Waals surface area contributed by atoms with Crippen molar-refractivity contribution in [1.29, 1.82) is 0 Å². The third-order valence-corrected chi connectivity index (χ3v) is 2.65. The summed E-state index contributed by atoms with van der Waals surface area (Å²) in [6.45, 7) is 10.1. The molecule has 0 aromatic heterocycles. The van der Waals surface area contributed by atoms with Crippen LogP contribution in [-0.2, 0) is 9.53 Å². The van der Waals surface area contributed by atoms with Crippen molar-refractivity contribution in [2.75, 3.05) is 0 Å². The average Bonchev–Trinajstić information content (AvgIpc) is 2.13. The maximum Gasteiger partial charge on any atom is 0.323 e. The molecule has 0 rings (SSSR count). The second-order valence-corrected chi connectivity index (χ2v) is 4.79. The van der Waals surface area contributed by atoms with E-state index in [1.807, 2.05) is 20.8 Å². The molecule has 0 saturated carbocycles. The van der Waals surface area contributed by atoms with Gasteiger partial charge < -0.3 is 10.5 Å². The molecular weight excluding hydrogens is 190 g/mol. The van der Waals surface area contributed by atoms with Crippen molar-refractivity contribution in [3.05, 3.63) is 0 Å². The van der Waals surface area contributed by atoms with E-state index in [-0.39, 0.29) is 18.0 Å². The first-order valence-electron chi connectivity index (χ1n) is 5.84. The molecule has 0 saturated heterocycles. The lowest BCUT2D eigenvalue weighted by atomic mass is 10.0. The number of ether oxygens (including phenoxy) is 1. The molecule has 2 N–H and O–H groups in total. The van der Waals surface area contributed by atoms with Gasteiger partial charge in [0.1, 0.15) is 6.04 Å². The van der Waals surface area contributed by atoms with Gasteiger partial charge in [0.2, 0.25) is 0 Å². The third-order valence-electron chi connectivity index (χ3n) is 2.65. The van der Waals surface area contributed by atoms with Gasteiger partial charge in [-0.3, -0.25) is 4.79 Å². The second kappa shape index (κ2) is 6.83. The van der Waals surface area contributed by atoms with E-state index in [4.69, 9.17) is 10.5 Å². The second-order valence-electron chi connectivity index (χ2n) is 4.79. The molecule has 2 unspecified atom stereocenters. The lowest BCUT2D eigenvalue weighted by Crippen LogP contribution is -2.39. The summed E-state index contributed by atoms with van der Waals surface area (Å²) in [4.78, 5) is 11.6. The molecule has 3 heteroatoms. The molecule has 0 radical (unpaired) electrons. The van der Waals surface area contributed by atoms with E-state index in [9.17, 15) is 4.79 Å². The summed E-state index contributed by atoms with van der Waals surface area (Å²) in [5.41, 5.74) is 5.78. The first-order valence-corrected chi connectivity index (χ1v) is 5.84. The maximum atomic E-state index is 11.6. The molecule has 0 heterocycles. The first kappa shape index (κ1) is 14.4. The molecule has 3 nitrogen and oxygen atoms in total. The van der Waals surface area contributed by atoms with Crippen molar-refractivity contribution in [3.8, 4) is 0 Å². The molecule has 0 aliphatic heterocycles. The van der Waals surface area contributed by atoms with Crippen LogP contribution in [0.4, 0.5) is 0 Å². The van der Waals surface area contributed by atoms with Crippen molar-refractivity contribution >= 4 is 5.97 Å². The summed E-state index contributed by atoms with van der Waals surface area (Å²) >= 11 is 0. The van der Waals surface area contributed by atoms with E-state index in [0.717, 1.165) is 12.8 Å². The zero-order valence-electron chi connectivity index (χ0n) is 10.6. The fraction of sp³-hybridized carbons (Fsp3) is 0.917. The topological polar surface area (TPSA) is 52.3 Å². The molecule has 0 aliphatic carbocycles. The molecule has 15 heavy (non-hydrogen) atoms. The van der Waals surface area contributed by atoms with Crippen molar-refractivity contribution in [2.24, 2.45) is 17.6 Å². The zero-order chi connectivity index (χ0) is 12.0. The summed E-state index contributed by atoms with van der Waals surface area (Å²) in [7, 11) is 0. The molecule has 0 aromatic rings. The van der Waals surface area contributed by atoms with Crippen LogP contribution in [0, 0.1) is 11.8 Å². The Morgan fingerprint density at radius 2 is 1.80 bits per heavy atom. The number of rotatable bonds is 6. The SMILES string of the molecule is CCC(C)[C@H](N)C(=O)OC(C)CC(C)C. The Morgan fingerprint density at radius 3 is 2.20 bits per heavy atom. The highest BCUT2D eigenvalue weighted by Gasteiger charge is 2.22. The predicted molar refractivity (Wildman–Crippen MR) is 62.4 cm³/mol. The van der Waals surface area contributed by atoms with Gasteiger partial charge in [-0.05, 0) is 25.2 Å². The van der Waals surface area contributed by atoms with Crippen LogP contribution in [0.5, 0.6) is 0 Å². The minimum Gasteiger partial charge on any atom is -0.461 e. The van der Waals surface area contributed by atoms with Crippen molar-refractivity contribution < 1.29 is 9.53 Å². The fourth-order valence-electron chi connectivity index (χ4n) is 1.48. The smallest absolute Gasteiger partial charge is 0.323 e. The summed E-state index contributed by atoms with van der Waals surface area (Å²) in [5.74, 6) is 0.453. The number of hydrogen-bond donors (Lipinski definition) is 1. The molecule has 0 aromatic carbocycles. The van der Waals surface area contributed by atoms with Crippen LogP contribution >= 0.6 is 0 Å². The van der Waals surface area contributed by atoms with Crippen LogP contribution in [0.3, 0.4) is 0 Å². The number of carbonyl (C=O) groups excluding carboxylic acids is 1. The van der Waals surface area contributed by atoms with Crippen molar-refractivity contribution in [2.45, 2.75) is 59.6 Å². The van der Waals surface area contributed by atoms with E-state index in [2.05, 4.69) is 13.8 Å². The maximum absolute atomic E-state index is 11.6. The van der Waals surface area contributed by atoms with Gasteiger partial charge in [-0.2, -0.15) is 0 Å². The third kappa shape index (κ3) is 5.78. The Balaban J connectivity index is 4.01. The van der Waals surface area contributed by atoms with E-state index in [1.165, 1.54) is 0 Å². The number of hydrogen-bond acceptors (Lipinski definition) is 3. The molecule has 90 valence electrons. The van der Waals surface area contributed by atoms with Crippen LogP contribution in [0.1, 0.15) is 47.5 Å². The van der Waals surface area contributed by atoms with Crippen molar-refractivity contribution in [3.63, 3.8) is 0 Å². The van der Waals surface area contributed by atoms with Crippen LogP contribution in [0.25, 0.3) is 0 Å². The molecule has 0 fully saturated rings. The van der Waals surface area contributed by atoms with Gasteiger partial charge in [0.25, 0.3) is 0 Å². The van der Waals surface area contributed by atoms with Crippen LogP contribution in [0.2, 0.25) is 0 Å². The molecule has 0 bridgehead atoms. The summed E-state index contributed by atoms with van der Waals surface area (Å²) in [5, 5.41) is 0. The molecule has 0 spiro atoms. The number of nitrogens with two attached hydrogens (primary N) is 1. The van der Waals surface area contributed by atoms with Gasteiger partial charge >= 0.3 is 5.97 Å². The van der Waals surface area contributed by atoms with E-state index >= 15 is 0 Å². The van der Waals surface area contributed by atoms with Crippen LogP contribution in [0.15, 0.2) is 0 Å². The summed E-state index contributed by atoms with van der Waals surface area (Å²) in [6.07, 6.45) is 1.75. The minimum atomic E-state index is -0.482. The van der Waals surface area contributed by atoms with Crippen LogP contribution in [-0.4, -0.2) is 18.1 Å². The zero-order valence-corrected chi connectivity index (χ0v) is 10.6. The Kier molecular flexibility index (Phi) is 6.57. The Morgan fingerprint density at radius 1 is 1.27 bits per heavy atom. The van der Waals surface area contributed by atoms with Gasteiger partial charge in [0.15, 0.2) is 0 Å². The standard InChI is InChI=1S/C12H25NO2/c1-6-9(4)11(13)12(14)15-10(5)7-8(2)3/h8-11H,6-7,13H2,1-5H3/t9?,10?,11-/m0/s1. The quantitative estimate of drug-likeness (QED) is 0.692. The van der Waals surface area contributed by atoms with E-state index in [1.54, 1.807) is 0 Å². The normalized spacial score (nSPS) is 17.3. The molecule has 3 atom stereocenters. The highest BCUT2D eigenvalue weighted by Crippen LogP contribution is 2.11. The molecular formula is C12H25NO2. The monoisotopic (exact) mass is 215 g/mol. The van der Waals surface area contributed by atoms with E-state index in [0.29, 0.717) is 5.92 Å². The lowest BCUT2D eigenvalue weighted by molar-refractivity contribution is -0.151. The lowest BCUT2D eigenvalue weighted by Gasteiger charge is -2.21. The van der Waals surface area contributed by atoms with Gasteiger partial charge in [-0.15, -0.1) is 0 Å². The average molecular weight is 215 g/mol. The minimum absolute atomic E-state index is 0.0346. The van der Waals surface area contributed by atoms with Crippen molar-refractivity contribution in [1.82, 2.24) is 0 Å². The van der Waals surface area contributed by atoms with Crippen LogP contribution < -0.4 is 5.73 Å². The Bertz CT molecular complexity index is 192. The fourth-order valence-corrected chi connectivity index (χ4v) is 1.48. The first-order chi connectivity index (χ1) is 6.88. The summed E-state index contributed by atoms with van der Waals surface area (Å²) in [6, 6.07) is -0.482. The summed E-state index contributed by atoms with van der Waals surface area (Å²) < 4.78 is 5.28. The van der Waals surface area contributed by atoms with Gasteiger partial charge in [-0.25, -0.2) is 0 Å². The largest absolute Gasteiger partial charge is 0.461 e. The van der Waals surface area contributed by atoms with Gasteiger partial charge in [0.05, 0.1) is 6.10 Å². The van der Waals surface area contributed by atoms with E-state index < -0.39 is 6.04 Å². The Labute approximate surface area is 93.4 Å². The Hall–Kier alpha value is -0.570. The van der Waals surface area contributed by atoms with Gasteiger partial charge in [-0.1, -0.05) is 34.1 Å². The molecule has 0 aliphatic rings. The molecule has 0 amide bonds. The highest BCUT2D eigenvalue weighted by atomic mass is 16.5. The number of carbonyl (C=O) groups is 1. The number of esters is 1. The highest BCUT2D eigenvalue weighted by molar-refractivity contribution is 5.75.